The average Bonchev–Trinajstić information content (AvgIpc) is 3.50. The molecule has 2 amide bonds. The second kappa shape index (κ2) is 9.31. The Morgan fingerprint density at radius 2 is 1.73 bits per heavy atom. The lowest BCUT2D eigenvalue weighted by molar-refractivity contribution is -0.128. The Morgan fingerprint density at radius 3 is 2.39 bits per heavy atom. The molecule has 0 bridgehead atoms. The first-order chi connectivity index (χ1) is 16.1. The zero-order valence-electron chi connectivity index (χ0n) is 18.0. The molecule has 3 aromatic rings. The van der Waals surface area contributed by atoms with Gasteiger partial charge in [-0.3, -0.25) is 9.59 Å². The topological polar surface area (TPSA) is 57.0 Å². The van der Waals surface area contributed by atoms with E-state index in [4.69, 9.17) is 4.42 Å². The number of piperazine rings is 1. The molecule has 0 unspecified atom stereocenters. The van der Waals surface area contributed by atoms with Crippen LogP contribution in [0, 0.1) is 5.82 Å². The Morgan fingerprint density at radius 1 is 1.00 bits per heavy atom. The van der Waals surface area contributed by atoms with Crippen LogP contribution in [-0.2, 0) is 11.3 Å². The summed E-state index contributed by atoms with van der Waals surface area (Å²) in [6, 6.07) is 17.7. The van der Waals surface area contributed by atoms with Crippen LogP contribution in [-0.4, -0.2) is 53.5 Å². The first kappa shape index (κ1) is 21.6. The van der Waals surface area contributed by atoms with Gasteiger partial charge in [0.1, 0.15) is 17.0 Å². The highest BCUT2D eigenvalue weighted by molar-refractivity contribution is 8.00. The monoisotopic (exact) mass is 465 g/mol. The number of hydrogen-bond acceptors (Lipinski definition) is 5. The van der Waals surface area contributed by atoms with E-state index in [1.807, 2.05) is 46.2 Å². The molecule has 0 radical (unpaired) electrons. The number of thioether (sulfide) groups is 1. The minimum atomic E-state index is -0.250. The lowest BCUT2D eigenvalue weighted by atomic mass is 10.1. The zero-order valence-corrected chi connectivity index (χ0v) is 18.8. The van der Waals surface area contributed by atoms with Gasteiger partial charge in [0.15, 0.2) is 0 Å². The van der Waals surface area contributed by atoms with Crippen molar-refractivity contribution in [1.82, 2.24) is 9.80 Å². The summed E-state index contributed by atoms with van der Waals surface area (Å²) in [4.78, 5) is 31.2. The number of carbonyl (C=O) groups excluding carboxylic acids is 2. The van der Waals surface area contributed by atoms with E-state index in [-0.39, 0.29) is 23.0 Å². The molecule has 170 valence electrons. The van der Waals surface area contributed by atoms with E-state index < -0.39 is 0 Å². The predicted molar refractivity (Wildman–Crippen MR) is 125 cm³/mol. The lowest BCUT2D eigenvalue weighted by Gasteiger charge is -2.36. The van der Waals surface area contributed by atoms with Crippen molar-refractivity contribution in [1.29, 1.82) is 0 Å². The molecule has 2 fully saturated rings. The molecule has 0 saturated carbocycles. The van der Waals surface area contributed by atoms with Crippen LogP contribution in [0.2, 0.25) is 0 Å². The van der Waals surface area contributed by atoms with E-state index in [9.17, 15) is 14.0 Å². The number of anilines is 1. The highest BCUT2D eigenvalue weighted by atomic mass is 32.2. The van der Waals surface area contributed by atoms with Crippen LogP contribution in [0.4, 0.5) is 10.1 Å². The van der Waals surface area contributed by atoms with Crippen molar-refractivity contribution in [3.05, 3.63) is 89.6 Å². The number of nitrogens with zero attached hydrogens (tertiary/aromatic N) is 3. The number of hydrogen-bond donors (Lipinski definition) is 0. The van der Waals surface area contributed by atoms with E-state index >= 15 is 0 Å². The van der Waals surface area contributed by atoms with Crippen LogP contribution in [0.3, 0.4) is 0 Å². The summed E-state index contributed by atoms with van der Waals surface area (Å²) in [6.07, 6.45) is 1.61. The van der Waals surface area contributed by atoms with Crippen molar-refractivity contribution in [2.45, 2.75) is 11.9 Å². The SMILES string of the molecule is O=C(c1ccc([C@H]2SCC(=O)N2Cc2ccco2)cc1)N1CCN(c2ccc(F)cc2)CC1. The van der Waals surface area contributed by atoms with Crippen LogP contribution in [0.25, 0.3) is 0 Å². The highest BCUT2D eigenvalue weighted by Crippen LogP contribution is 2.39. The summed E-state index contributed by atoms with van der Waals surface area (Å²) in [7, 11) is 0. The van der Waals surface area contributed by atoms with Crippen molar-refractivity contribution in [2.75, 3.05) is 36.8 Å². The summed E-state index contributed by atoms with van der Waals surface area (Å²) in [5.74, 6) is 1.02. The van der Waals surface area contributed by atoms with Gasteiger partial charge in [-0.15, -0.1) is 11.8 Å². The largest absolute Gasteiger partial charge is 0.467 e. The number of halogens is 1. The van der Waals surface area contributed by atoms with E-state index in [1.54, 1.807) is 30.2 Å². The third kappa shape index (κ3) is 4.61. The van der Waals surface area contributed by atoms with Gasteiger partial charge >= 0.3 is 0 Å². The second-order valence-corrected chi connectivity index (χ2v) is 9.21. The molecule has 2 aliphatic heterocycles. The third-order valence-corrected chi connectivity index (χ3v) is 7.33. The quantitative estimate of drug-likeness (QED) is 0.567. The van der Waals surface area contributed by atoms with Crippen LogP contribution in [0.15, 0.2) is 71.3 Å². The Hall–Kier alpha value is -3.26. The molecule has 6 nitrogen and oxygen atoms in total. The second-order valence-electron chi connectivity index (χ2n) is 8.14. The molecule has 0 spiro atoms. The van der Waals surface area contributed by atoms with Crippen LogP contribution in [0.1, 0.15) is 27.1 Å². The van der Waals surface area contributed by atoms with Crippen LogP contribution in [0.5, 0.6) is 0 Å². The molecule has 2 saturated heterocycles. The fourth-order valence-electron chi connectivity index (χ4n) is 4.26. The van der Waals surface area contributed by atoms with Gasteiger partial charge in [-0.1, -0.05) is 12.1 Å². The van der Waals surface area contributed by atoms with Crippen molar-refractivity contribution in [3.63, 3.8) is 0 Å². The van der Waals surface area contributed by atoms with Gasteiger partial charge in [-0.25, -0.2) is 4.39 Å². The van der Waals surface area contributed by atoms with E-state index in [2.05, 4.69) is 4.90 Å². The zero-order chi connectivity index (χ0) is 22.8. The van der Waals surface area contributed by atoms with E-state index in [0.717, 1.165) is 17.0 Å². The normalized spacial score (nSPS) is 18.8. The summed E-state index contributed by atoms with van der Waals surface area (Å²) in [5.41, 5.74) is 2.60. The van der Waals surface area contributed by atoms with Crippen molar-refractivity contribution >= 4 is 29.3 Å². The molecule has 1 atom stereocenters. The fourth-order valence-corrected chi connectivity index (χ4v) is 5.45. The van der Waals surface area contributed by atoms with Gasteiger partial charge in [-0.2, -0.15) is 0 Å². The molecule has 33 heavy (non-hydrogen) atoms. The van der Waals surface area contributed by atoms with E-state index in [1.165, 1.54) is 12.1 Å². The minimum absolute atomic E-state index is 0.00268. The fraction of sp³-hybridized carbons (Fsp3) is 0.280. The van der Waals surface area contributed by atoms with Gasteiger partial charge in [0.05, 0.1) is 18.6 Å². The van der Waals surface area contributed by atoms with Gasteiger partial charge in [-0.05, 0) is 54.1 Å². The van der Waals surface area contributed by atoms with Gasteiger partial charge in [0.25, 0.3) is 5.91 Å². The van der Waals surface area contributed by atoms with Crippen molar-refractivity contribution < 1.29 is 18.4 Å². The summed E-state index contributed by atoms with van der Waals surface area (Å²) < 4.78 is 18.6. The molecule has 2 aliphatic rings. The van der Waals surface area contributed by atoms with Gasteiger partial charge < -0.3 is 19.1 Å². The summed E-state index contributed by atoms with van der Waals surface area (Å²) >= 11 is 1.59. The summed E-state index contributed by atoms with van der Waals surface area (Å²) in [6.45, 7) is 3.07. The molecular formula is C25H24FN3O3S. The smallest absolute Gasteiger partial charge is 0.253 e. The van der Waals surface area contributed by atoms with Crippen LogP contribution < -0.4 is 4.90 Å². The van der Waals surface area contributed by atoms with Crippen LogP contribution >= 0.6 is 11.8 Å². The number of carbonyl (C=O) groups is 2. The third-order valence-electron chi connectivity index (χ3n) is 6.08. The standard InChI is InChI=1S/C25H24FN3O3S/c26-20-7-9-21(10-8-20)27-11-13-28(14-12-27)24(31)18-3-5-19(6-4-18)25-29(23(30)17-33-25)16-22-2-1-15-32-22/h1-10,15,25H,11-14,16-17H2/t25-/m1/s1. The summed E-state index contributed by atoms with van der Waals surface area (Å²) in [5, 5.41) is -0.0917. The number of rotatable bonds is 5. The van der Waals surface area contributed by atoms with E-state index in [0.29, 0.717) is 44.0 Å². The molecule has 5 rings (SSSR count). The molecular weight excluding hydrogens is 441 g/mol. The predicted octanol–water partition coefficient (Wildman–Crippen LogP) is 4.16. The Bertz CT molecular complexity index is 1110. The van der Waals surface area contributed by atoms with Crippen molar-refractivity contribution in [2.24, 2.45) is 0 Å². The average molecular weight is 466 g/mol. The maximum absolute atomic E-state index is 13.2. The maximum atomic E-state index is 13.2. The first-order valence-corrected chi connectivity index (χ1v) is 12.0. The number of furan rings is 1. The number of amides is 2. The Labute approximate surface area is 196 Å². The number of benzene rings is 2. The molecule has 1 aromatic heterocycles. The molecule has 2 aromatic carbocycles. The highest BCUT2D eigenvalue weighted by Gasteiger charge is 2.33. The molecule has 8 heteroatoms. The Balaban J connectivity index is 1.22. The maximum Gasteiger partial charge on any atom is 0.253 e. The Kier molecular flexibility index (Phi) is 6.09. The molecule has 3 heterocycles. The lowest BCUT2D eigenvalue weighted by Crippen LogP contribution is -2.48. The molecule has 0 N–H and O–H groups in total. The van der Waals surface area contributed by atoms with Crippen molar-refractivity contribution in [3.8, 4) is 0 Å². The molecule has 0 aliphatic carbocycles. The van der Waals surface area contributed by atoms with Gasteiger partial charge in [0.2, 0.25) is 5.91 Å². The van der Waals surface area contributed by atoms with Gasteiger partial charge in [0, 0.05) is 37.4 Å². The minimum Gasteiger partial charge on any atom is -0.467 e. The first-order valence-electron chi connectivity index (χ1n) is 10.9.